The van der Waals surface area contributed by atoms with E-state index in [1.165, 1.54) is 13.2 Å². The maximum Gasteiger partial charge on any atom is 0.328 e. The summed E-state index contributed by atoms with van der Waals surface area (Å²) in [6.45, 7) is 2.27. The summed E-state index contributed by atoms with van der Waals surface area (Å²) < 4.78 is 40.9. The lowest BCUT2D eigenvalue weighted by molar-refractivity contribution is -0.131. The van der Waals surface area contributed by atoms with Gasteiger partial charge < -0.3 is 18.8 Å². The number of hydrogen-bond acceptors (Lipinski definition) is 6. The Labute approximate surface area is 224 Å². The van der Waals surface area contributed by atoms with Gasteiger partial charge in [0.2, 0.25) is 0 Å². The summed E-state index contributed by atoms with van der Waals surface area (Å²) >= 11 is 0. The highest BCUT2D eigenvalue weighted by atomic mass is 32.2. The Balaban J connectivity index is 1.73. The molecule has 1 N–H and O–H groups in total. The predicted octanol–water partition coefficient (Wildman–Crippen LogP) is 6.14. The molecule has 0 spiro atoms. The normalized spacial score (nSPS) is 11.6. The fourth-order valence-electron chi connectivity index (χ4n) is 3.55. The van der Waals surface area contributed by atoms with E-state index in [1.807, 2.05) is 67.6 Å². The van der Waals surface area contributed by atoms with E-state index in [0.717, 1.165) is 29.2 Å². The molecule has 3 aromatic rings. The standard InChI is InChI=1S/C30H32O7S/c1-3-4-19-38(33,34)37-27-17-14-24(21-29(27)35-2)12-8-11-23-13-15-26(16-18-30(31)32)28(20-23)36-22-25-9-6-5-7-10-25/h5-11,13-18,20-21H,3-4,12,19,22H2,1-2H3,(H,31,32). The van der Waals surface area contributed by atoms with Crippen molar-refractivity contribution in [2.75, 3.05) is 12.9 Å². The second-order valence-corrected chi connectivity index (χ2v) is 10.2. The summed E-state index contributed by atoms with van der Waals surface area (Å²) in [5, 5.41) is 9.01. The molecule has 38 heavy (non-hydrogen) atoms. The molecule has 3 aromatic carbocycles. The molecule has 8 heteroatoms. The van der Waals surface area contributed by atoms with E-state index in [9.17, 15) is 13.2 Å². The predicted molar refractivity (Wildman–Crippen MR) is 149 cm³/mol. The van der Waals surface area contributed by atoms with Gasteiger partial charge in [-0.15, -0.1) is 0 Å². The molecule has 0 heterocycles. The Morgan fingerprint density at radius 1 is 0.921 bits per heavy atom. The summed E-state index contributed by atoms with van der Waals surface area (Å²) in [5.41, 5.74) is 3.46. The number of carboxylic acid groups (broad SMARTS) is 1. The molecule has 7 nitrogen and oxygen atoms in total. The Morgan fingerprint density at radius 3 is 2.42 bits per heavy atom. The van der Waals surface area contributed by atoms with E-state index in [1.54, 1.807) is 18.2 Å². The highest BCUT2D eigenvalue weighted by Gasteiger charge is 2.16. The third-order valence-corrected chi connectivity index (χ3v) is 6.76. The van der Waals surface area contributed by atoms with E-state index in [0.29, 0.717) is 36.5 Å². The largest absolute Gasteiger partial charge is 0.493 e. The Hall–Kier alpha value is -4.04. The van der Waals surface area contributed by atoms with Gasteiger partial charge >= 0.3 is 16.1 Å². The fraction of sp³-hybridized carbons (Fsp3) is 0.233. The molecular weight excluding hydrogens is 504 g/mol. The monoisotopic (exact) mass is 536 g/mol. The van der Waals surface area contributed by atoms with E-state index < -0.39 is 16.1 Å². The van der Waals surface area contributed by atoms with Crippen LogP contribution in [0.3, 0.4) is 0 Å². The number of allylic oxidation sites excluding steroid dienone is 1. The zero-order valence-corrected chi connectivity index (χ0v) is 22.3. The number of methoxy groups -OCH3 is 1. The van der Waals surface area contributed by atoms with E-state index in [-0.39, 0.29) is 11.5 Å². The molecule has 0 radical (unpaired) electrons. The van der Waals surface area contributed by atoms with Crippen molar-refractivity contribution in [2.45, 2.75) is 32.8 Å². The maximum absolute atomic E-state index is 12.2. The van der Waals surface area contributed by atoms with Gasteiger partial charge in [0.25, 0.3) is 0 Å². The number of carboxylic acids is 1. The number of rotatable bonds is 14. The average molecular weight is 537 g/mol. The number of carbonyl (C=O) groups is 1. The van der Waals surface area contributed by atoms with Gasteiger partial charge in [-0.25, -0.2) is 4.79 Å². The van der Waals surface area contributed by atoms with Gasteiger partial charge in [0, 0.05) is 11.6 Å². The van der Waals surface area contributed by atoms with E-state index in [2.05, 4.69) is 0 Å². The summed E-state index contributed by atoms with van der Waals surface area (Å²) in [6.07, 6.45) is 8.35. The topological polar surface area (TPSA) is 99.1 Å². The van der Waals surface area contributed by atoms with Gasteiger partial charge in [0.15, 0.2) is 11.5 Å². The third-order valence-electron chi connectivity index (χ3n) is 5.54. The van der Waals surface area contributed by atoms with Gasteiger partial charge in [0.05, 0.1) is 12.9 Å². The molecule has 0 unspecified atom stereocenters. The minimum absolute atomic E-state index is 0.0426. The molecule has 0 aliphatic carbocycles. The molecule has 0 aliphatic rings. The SMILES string of the molecule is CCCCS(=O)(=O)Oc1ccc(CC=Cc2ccc(C=CC(=O)O)c(OCc3ccccc3)c2)cc1OC. The number of benzene rings is 3. The lowest BCUT2D eigenvalue weighted by atomic mass is 10.1. The van der Waals surface area contributed by atoms with Crippen molar-refractivity contribution in [2.24, 2.45) is 0 Å². The second-order valence-electron chi connectivity index (χ2n) is 8.53. The van der Waals surface area contributed by atoms with Crippen molar-refractivity contribution in [3.63, 3.8) is 0 Å². The van der Waals surface area contributed by atoms with Crippen LogP contribution in [0, 0.1) is 0 Å². The first-order valence-corrected chi connectivity index (χ1v) is 13.8. The van der Waals surface area contributed by atoms with Gasteiger partial charge in [-0.3, -0.25) is 0 Å². The number of ether oxygens (including phenoxy) is 2. The van der Waals surface area contributed by atoms with Crippen molar-refractivity contribution in [1.29, 1.82) is 0 Å². The van der Waals surface area contributed by atoms with Gasteiger partial charge in [-0.1, -0.05) is 74.0 Å². The number of aliphatic carboxylic acids is 1. The molecule has 200 valence electrons. The van der Waals surface area contributed by atoms with Crippen LogP contribution in [0.5, 0.6) is 17.2 Å². The van der Waals surface area contributed by atoms with Crippen LogP contribution < -0.4 is 13.7 Å². The summed E-state index contributed by atoms with van der Waals surface area (Å²) in [6, 6.07) is 20.4. The second kappa shape index (κ2) is 14.0. The Kier molecular flexibility index (Phi) is 10.5. The number of hydrogen-bond donors (Lipinski definition) is 1. The first kappa shape index (κ1) is 28.5. The number of unbranched alkanes of at least 4 members (excludes halogenated alkanes) is 1. The fourth-order valence-corrected chi connectivity index (χ4v) is 4.69. The minimum Gasteiger partial charge on any atom is -0.493 e. The van der Waals surface area contributed by atoms with Crippen molar-refractivity contribution in [3.8, 4) is 17.2 Å². The molecular formula is C30H32O7S. The first-order valence-electron chi connectivity index (χ1n) is 12.3. The highest BCUT2D eigenvalue weighted by molar-refractivity contribution is 7.87. The van der Waals surface area contributed by atoms with Crippen LogP contribution in [0.4, 0.5) is 0 Å². The smallest absolute Gasteiger partial charge is 0.328 e. The van der Waals surface area contributed by atoms with Crippen LogP contribution in [-0.2, 0) is 27.9 Å². The molecule has 0 aromatic heterocycles. The Morgan fingerprint density at radius 2 is 1.71 bits per heavy atom. The minimum atomic E-state index is -3.68. The summed E-state index contributed by atoms with van der Waals surface area (Å²) in [7, 11) is -2.21. The first-order chi connectivity index (χ1) is 18.3. The Bertz CT molecular complexity index is 1380. The van der Waals surface area contributed by atoms with Gasteiger partial charge in [0.1, 0.15) is 12.4 Å². The van der Waals surface area contributed by atoms with Crippen molar-refractivity contribution < 1.29 is 32.0 Å². The molecule has 0 atom stereocenters. The van der Waals surface area contributed by atoms with Crippen molar-refractivity contribution in [3.05, 3.63) is 101 Å². The van der Waals surface area contributed by atoms with Crippen molar-refractivity contribution >= 4 is 28.2 Å². The summed E-state index contributed by atoms with van der Waals surface area (Å²) in [4.78, 5) is 11.0. The maximum atomic E-state index is 12.2. The zero-order chi connectivity index (χ0) is 27.4. The lowest BCUT2D eigenvalue weighted by Crippen LogP contribution is -2.14. The summed E-state index contributed by atoms with van der Waals surface area (Å²) in [5.74, 6) is 0.0112. The molecule has 0 fully saturated rings. The van der Waals surface area contributed by atoms with Crippen LogP contribution in [-0.4, -0.2) is 32.4 Å². The molecule has 0 saturated carbocycles. The highest BCUT2D eigenvalue weighted by Crippen LogP contribution is 2.30. The van der Waals surface area contributed by atoms with Crippen molar-refractivity contribution in [1.82, 2.24) is 0 Å². The van der Waals surface area contributed by atoms with Crippen LogP contribution in [0.2, 0.25) is 0 Å². The third kappa shape index (κ3) is 9.12. The molecule has 3 rings (SSSR count). The quantitative estimate of drug-likeness (QED) is 0.195. The van der Waals surface area contributed by atoms with Gasteiger partial charge in [-0.05, 0) is 53.8 Å². The van der Waals surface area contributed by atoms with Crippen LogP contribution in [0.25, 0.3) is 12.2 Å². The molecule has 0 amide bonds. The molecule has 0 bridgehead atoms. The average Bonchev–Trinajstić information content (AvgIpc) is 2.91. The molecule has 0 aliphatic heterocycles. The van der Waals surface area contributed by atoms with Gasteiger partial charge in [-0.2, -0.15) is 8.42 Å². The van der Waals surface area contributed by atoms with E-state index >= 15 is 0 Å². The zero-order valence-electron chi connectivity index (χ0n) is 21.5. The van der Waals surface area contributed by atoms with Crippen LogP contribution >= 0.6 is 0 Å². The van der Waals surface area contributed by atoms with E-state index in [4.69, 9.17) is 18.8 Å². The van der Waals surface area contributed by atoms with Crippen LogP contribution in [0.1, 0.15) is 42.0 Å². The van der Waals surface area contributed by atoms with Crippen LogP contribution in [0.15, 0.2) is 78.9 Å². The lowest BCUT2D eigenvalue weighted by Gasteiger charge is -2.12. The molecule has 0 saturated heterocycles.